The predicted molar refractivity (Wildman–Crippen MR) is 68.4 cm³/mol. The summed E-state index contributed by atoms with van der Waals surface area (Å²) < 4.78 is 7.43. The van der Waals surface area contributed by atoms with Gasteiger partial charge in [0.05, 0.1) is 23.7 Å². The maximum atomic E-state index is 5.68. The fraction of sp³-hybridized carbons (Fsp3) is 0.583. The fourth-order valence-electron chi connectivity index (χ4n) is 2.38. The van der Waals surface area contributed by atoms with Crippen LogP contribution in [0, 0.1) is 0 Å². The van der Waals surface area contributed by atoms with Crippen molar-refractivity contribution in [1.29, 1.82) is 0 Å². The molecule has 2 aromatic rings. The lowest BCUT2D eigenvalue weighted by atomic mass is 10.1. The van der Waals surface area contributed by atoms with E-state index in [9.17, 15) is 0 Å². The normalized spacial score (nSPS) is 21.3. The van der Waals surface area contributed by atoms with Crippen LogP contribution in [0.15, 0.2) is 12.5 Å². The molecule has 0 aromatic carbocycles. The molecule has 0 aliphatic carbocycles. The number of nitrogens with zero attached hydrogens (tertiary/aromatic N) is 4. The van der Waals surface area contributed by atoms with Gasteiger partial charge in [-0.3, -0.25) is 4.68 Å². The summed E-state index contributed by atoms with van der Waals surface area (Å²) in [5.41, 5.74) is 0.840. The molecule has 0 radical (unpaired) electrons. The van der Waals surface area contributed by atoms with Crippen LogP contribution in [0.3, 0.4) is 0 Å². The lowest BCUT2D eigenvalue weighted by molar-refractivity contribution is 0.0996. The number of anilines is 1. The summed E-state index contributed by atoms with van der Waals surface area (Å²) >= 11 is 0. The average Bonchev–Trinajstić information content (AvgIpc) is 3.00. The molecule has 18 heavy (non-hydrogen) atoms. The summed E-state index contributed by atoms with van der Waals surface area (Å²) in [7, 11) is 1.88. The van der Waals surface area contributed by atoms with Gasteiger partial charge in [0.25, 0.3) is 0 Å². The average molecular weight is 247 g/mol. The molecule has 0 amide bonds. The Morgan fingerprint density at radius 2 is 2.39 bits per heavy atom. The van der Waals surface area contributed by atoms with Crippen LogP contribution in [0.2, 0.25) is 0 Å². The van der Waals surface area contributed by atoms with Crippen molar-refractivity contribution in [2.45, 2.75) is 31.9 Å². The molecule has 1 aliphatic heterocycles. The minimum atomic E-state index is 0.241. The van der Waals surface area contributed by atoms with E-state index in [1.54, 1.807) is 17.2 Å². The lowest BCUT2D eigenvalue weighted by Crippen LogP contribution is -2.30. The van der Waals surface area contributed by atoms with Gasteiger partial charge >= 0.3 is 0 Å². The summed E-state index contributed by atoms with van der Waals surface area (Å²) in [6, 6.07) is 0.241. The number of fused-ring (bicyclic) bond motifs is 1. The van der Waals surface area contributed by atoms with Gasteiger partial charge in [-0.25, -0.2) is 9.97 Å². The zero-order chi connectivity index (χ0) is 12.5. The Bertz CT molecular complexity index is 546. The Hall–Kier alpha value is -1.69. The van der Waals surface area contributed by atoms with E-state index in [4.69, 9.17) is 4.74 Å². The van der Waals surface area contributed by atoms with E-state index in [0.29, 0.717) is 0 Å². The van der Waals surface area contributed by atoms with Crippen molar-refractivity contribution in [3.05, 3.63) is 12.5 Å². The SMILES string of the molecule is CC(Nc1ncnc2c1cnn2C)C1CCCO1. The second kappa shape index (κ2) is 4.53. The third-order valence-corrected chi connectivity index (χ3v) is 3.42. The van der Waals surface area contributed by atoms with Gasteiger partial charge in [-0.2, -0.15) is 5.10 Å². The second-order valence-electron chi connectivity index (χ2n) is 4.71. The molecule has 0 spiro atoms. The van der Waals surface area contributed by atoms with E-state index in [0.717, 1.165) is 36.3 Å². The van der Waals surface area contributed by atoms with Crippen molar-refractivity contribution in [1.82, 2.24) is 19.7 Å². The fourth-order valence-corrected chi connectivity index (χ4v) is 2.38. The first-order chi connectivity index (χ1) is 8.75. The predicted octanol–water partition coefficient (Wildman–Crippen LogP) is 1.34. The second-order valence-corrected chi connectivity index (χ2v) is 4.71. The van der Waals surface area contributed by atoms with E-state index in [-0.39, 0.29) is 12.1 Å². The monoisotopic (exact) mass is 247 g/mol. The van der Waals surface area contributed by atoms with Gasteiger partial charge in [0.2, 0.25) is 0 Å². The summed E-state index contributed by atoms with van der Waals surface area (Å²) in [6.07, 6.45) is 5.87. The van der Waals surface area contributed by atoms with Gasteiger partial charge < -0.3 is 10.1 Å². The molecular weight excluding hydrogens is 230 g/mol. The molecule has 2 unspecified atom stereocenters. The molecule has 6 heteroatoms. The molecule has 6 nitrogen and oxygen atoms in total. The number of aromatic nitrogens is 4. The summed E-state index contributed by atoms with van der Waals surface area (Å²) in [5, 5.41) is 8.56. The maximum Gasteiger partial charge on any atom is 0.163 e. The molecule has 0 bridgehead atoms. The molecule has 96 valence electrons. The van der Waals surface area contributed by atoms with Crippen molar-refractivity contribution in [2.75, 3.05) is 11.9 Å². The largest absolute Gasteiger partial charge is 0.376 e. The zero-order valence-corrected chi connectivity index (χ0v) is 10.6. The number of rotatable bonds is 3. The smallest absolute Gasteiger partial charge is 0.163 e. The first-order valence-electron chi connectivity index (χ1n) is 6.26. The van der Waals surface area contributed by atoms with Crippen molar-refractivity contribution >= 4 is 16.9 Å². The Morgan fingerprint density at radius 3 is 3.17 bits per heavy atom. The Kier molecular flexibility index (Phi) is 2.87. The number of aryl methyl sites for hydroxylation is 1. The third-order valence-electron chi connectivity index (χ3n) is 3.42. The Balaban J connectivity index is 1.85. The molecule has 0 saturated carbocycles. The Morgan fingerprint density at radius 1 is 1.50 bits per heavy atom. The van der Waals surface area contributed by atoms with Crippen LogP contribution in [-0.2, 0) is 11.8 Å². The summed E-state index contributed by atoms with van der Waals surface area (Å²) in [6.45, 7) is 2.99. The van der Waals surface area contributed by atoms with E-state index < -0.39 is 0 Å². The lowest BCUT2D eigenvalue weighted by Gasteiger charge is -2.20. The van der Waals surface area contributed by atoms with E-state index in [2.05, 4.69) is 27.3 Å². The highest BCUT2D eigenvalue weighted by atomic mass is 16.5. The summed E-state index contributed by atoms with van der Waals surface area (Å²) in [5.74, 6) is 0.830. The van der Waals surface area contributed by atoms with Crippen molar-refractivity contribution in [3.63, 3.8) is 0 Å². The quantitative estimate of drug-likeness (QED) is 0.886. The molecule has 1 fully saturated rings. The van der Waals surface area contributed by atoms with Gasteiger partial charge in [0.1, 0.15) is 12.1 Å². The molecule has 1 saturated heterocycles. The van der Waals surface area contributed by atoms with Crippen molar-refractivity contribution < 1.29 is 4.74 Å². The van der Waals surface area contributed by atoms with Gasteiger partial charge in [-0.05, 0) is 19.8 Å². The van der Waals surface area contributed by atoms with Crippen LogP contribution < -0.4 is 5.32 Å². The van der Waals surface area contributed by atoms with Crippen LogP contribution in [0.25, 0.3) is 11.0 Å². The van der Waals surface area contributed by atoms with Crippen LogP contribution >= 0.6 is 0 Å². The first kappa shape index (κ1) is 11.4. The minimum absolute atomic E-state index is 0.241. The third kappa shape index (κ3) is 1.92. The number of hydrogen-bond donors (Lipinski definition) is 1. The molecular formula is C12H17N5O. The number of hydrogen-bond acceptors (Lipinski definition) is 5. The minimum Gasteiger partial charge on any atom is -0.376 e. The molecule has 1 N–H and O–H groups in total. The molecule has 1 aliphatic rings. The molecule has 2 aromatic heterocycles. The van der Waals surface area contributed by atoms with Crippen molar-refractivity contribution in [2.24, 2.45) is 7.05 Å². The molecule has 3 rings (SSSR count). The van der Waals surface area contributed by atoms with E-state index in [1.165, 1.54) is 0 Å². The van der Waals surface area contributed by atoms with E-state index in [1.807, 2.05) is 7.05 Å². The standard InChI is InChI=1S/C12H17N5O/c1-8(10-4-3-5-18-10)16-11-9-6-15-17(2)12(9)14-7-13-11/h6-8,10H,3-5H2,1-2H3,(H,13,14,16). The van der Waals surface area contributed by atoms with Crippen LogP contribution in [0.4, 0.5) is 5.82 Å². The number of ether oxygens (including phenoxy) is 1. The zero-order valence-electron chi connectivity index (χ0n) is 10.6. The highest BCUT2D eigenvalue weighted by Crippen LogP contribution is 2.22. The Labute approximate surface area is 105 Å². The highest BCUT2D eigenvalue weighted by Gasteiger charge is 2.23. The van der Waals surface area contributed by atoms with Crippen LogP contribution in [0.5, 0.6) is 0 Å². The maximum absolute atomic E-state index is 5.68. The summed E-state index contributed by atoms with van der Waals surface area (Å²) in [4.78, 5) is 8.52. The van der Waals surface area contributed by atoms with Gasteiger partial charge in [0, 0.05) is 13.7 Å². The number of nitrogens with one attached hydrogen (secondary N) is 1. The highest BCUT2D eigenvalue weighted by molar-refractivity contribution is 5.86. The first-order valence-corrected chi connectivity index (χ1v) is 6.26. The van der Waals surface area contributed by atoms with Crippen molar-refractivity contribution in [3.8, 4) is 0 Å². The van der Waals surface area contributed by atoms with E-state index >= 15 is 0 Å². The van der Waals surface area contributed by atoms with Gasteiger partial charge in [0.15, 0.2) is 5.65 Å². The van der Waals surface area contributed by atoms with Gasteiger partial charge in [-0.15, -0.1) is 0 Å². The topological polar surface area (TPSA) is 64.9 Å². The molecule has 3 heterocycles. The molecule has 2 atom stereocenters. The van der Waals surface area contributed by atoms with Gasteiger partial charge in [-0.1, -0.05) is 0 Å². The van der Waals surface area contributed by atoms with Crippen LogP contribution in [-0.4, -0.2) is 38.5 Å². The van der Waals surface area contributed by atoms with Crippen LogP contribution in [0.1, 0.15) is 19.8 Å².